The highest BCUT2D eigenvalue weighted by Crippen LogP contribution is 2.15. The summed E-state index contributed by atoms with van der Waals surface area (Å²) in [5.41, 5.74) is 2.37. The number of hydrogen-bond donors (Lipinski definition) is 1. The number of nitrogens with zero attached hydrogens (tertiary/aromatic N) is 1. The number of aryl methyl sites for hydroxylation is 1. The third kappa shape index (κ3) is 3.14. The molecule has 1 aromatic heterocycles. The summed E-state index contributed by atoms with van der Waals surface area (Å²) >= 11 is 5.24. The predicted octanol–water partition coefficient (Wildman–Crippen LogP) is 3.50. The average molecular weight is 297 g/mol. The molecule has 0 saturated carbocycles. The molecule has 0 aliphatic heterocycles. The monoisotopic (exact) mass is 296 g/mol. The van der Waals surface area contributed by atoms with Crippen molar-refractivity contribution in [2.75, 3.05) is 0 Å². The largest absolute Gasteiger partial charge is 0.306 e. The van der Waals surface area contributed by atoms with Crippen molar-refractivity contribution >= 4 is 27.3 Å². The number of aromatic nitrogens is 1. The van der Waals surface area contributed by atoms with E-state index in [4.69, 9.17) is 0 Å². The van der Waals surface area contributed by atoms with Crippen LogP contribution in [0.15, 0.2) is 34.1 Å². The van der Waals surface area contributed by atoms with Crippen LogP contribution >= 0.6 is 27.3 Å². The van der Waals surface area contributed by atoms with Gasteiger partial charge in [0.25, 0.3) is 0 Å². The van der Waals surface area contributed by atoms with Crippen molar-refractivity contribution in [2.45, 2.75) is 20.0 Å². The summed E-state index contributed by atoms with van der Waals surface area (Å²) in [5.74, 6) is 0. The van der Waals surface area contributed by atoms with Crippen LogP contribution < -0.4 is 5.32 Å². The summed E-state index contributed by atoms with van der Waals surface area (Å²) in [6.07, 6.45) is 0. The van der Waals surface area contributed by atoms with Gasteiger partial charge in [0.15, 0.2) is 0 Å². The predicted molar refractivity (Wildman–Crippen MR) is 71.5 cm³/mol. The average Bonchev–Trinajstić information content (AvgIpc) is 2.67. The van der Waals surface area contributed by atoms with Gasteiger partial charge in [-0.25, -0.2) is 4.98 Å². The van der Waals surface area contributed by atoms with Crippen molar-refractivity contribution in [1.82, 2.24) is 10.3 Å². The van der Waals surface area contributed by atoms with Gasteiger partial charge in [0.1, 0.15) is 5.01 Å². The topological polar surface area (TPSA) is 24.9 Å². The molecule has 4 heteroatoms. The Hall–Kier alpha value is -0.710. The second-order valence-electron chi connectivity index (χ2n) is 3.58. The fourth-order valence-corrected chi connectivity index (χ4v) is 2.60. The summed E-state index contributed by atoms with van der Waals surface area (Å²) in [5, 5.41) is 6.61. The fourth-order valence-electron chi connectivity index (χ4n) is 1.43. The minimum atomic E-state index is 0.833. The molecular weight excluding hydrogens is 284 g/mol. The lowest BCUT2D eigenvalue weighted by atomic mass is 10.2. The van der Waals surface area contributed by atoms with Crippen LogP contribution in [-0.4, -0.2) is 4.98 Å². The molecule has 0 spiro atoms. The lowest BCUT2D eigenvalue weighted by Crippen LogP contribution is -2.12. The third-order valence-electron chi connectivity index (χ3n) is 2.22. The first kappa shape index (κ1) is 11.8. The van der Waals surface area contributed by atoms with Crippen molar-refractivity contribution in [3.8, 4) is 0 Å². The number of nitrogens with one attached hydrogen (secondary N) is 1. The van der Waals surface area contributed by atoms with Crippen LogP contribution in [0.1, 0.15) is 16.3 Å². The highest BCUT2D eigenvalue weighted by atomic mass is 79.9. The van der Waals surface area contributed by atoms with Crippen molar-refractivity contribution in [2.24, 2.45) is 0 Å². The normalized spacial score (nSPS) is 10.6. The first-order valence-corrected chi connectivity index (χ1v) is 6.78. The maximum Gasteiger partial charge on any atom is 0.107 e. The molecule has 2 nitrogen and oxygen atoms in total. The molecule has 0 fully saturated rings. The number of thiazole rings is 1. The van der Waals surface area contributed by atoms with Crippen LogP contribution in [0.5, 0.6) is 0 Å². The first-order chi connectivity index (χ1) is 7.75. The first-order valence-electron chi connectivity index (χ1n) is 5.11. The SMILES string of the molecule is Cc1csc(CNCc2ccccc2Br)n1. The van der Waals surface area contributed by atoms with Crippen LogP contribution in [0.3, 0.4) is 0 Å². The van der Waals surface area contributed by atoms with Crippen molar-refractivity contribution in [1.29, 1.82) is 0 Å². The minimum absolute atomic E-state index is 0.833. The quantitative estimate of drug-likeness (QED) is 0.934. The lowest BCUT2D eigenvalue weighted by molar-refractivity contribution is 0.687. The maximum absolute atomic E-state index is 4.41. The van der Waals surface area contributed by atoms with Crippen LogP contribution in [0, 0.1) is 6.92 Å². The van der Waals surface area contributed by atoms with Crippen LogP contribution in [0.25, 0.3) is 0 Å². The van der Waals surface area contributed by atoms with Gasteiger partial charge in [-0.15, -0.1) is 11.3 Å². The van der Waals surface area contributed by atoms with Gasteiger partial charge < -0.3 is 5.32 Å². The van der Waals surface area contributed by atoms with Gasteiger partial charge in [-0.1, -0.05) is 34.1 Å². The van der Waals surface area contributed by atoms with Crippen molar-refractivity contribution in [3.05, 3.63) is 50.4 Å². The van der Waals surface area contributed by atoms with Gasteiger partial charge in [-0.2, -0.15) is 0 Å². The molecular formula is C12H13BrN2S. The molecule has 84 valence electrons. The number of rotatable bonds is 4. The van der Waals surface area contributed by atoms with E-state index in [0.29, 0.717) is 0 Å². The van der Waals surface area contributed by atoms with Crippen LogP contribution in [0.2, 0.25) is 0 Å². The smallest absolute Gasteiger partial charge is 0.107 e. The van der Waals surface area contributed by atoms with E-state index in [1.807, 2.05) is 13.0 Å². The number of hydrogen-bond acceptors (Lipinski definition) is 3. The summed E-state index contributed by atoms with van der Waals surface area (Å²) in [4.78, 5) is 4.41. The fraction of sp³-hybridized carbons (Fsp3) is 0.250. The van der Waals surface area contributed by atoms with Gasteiger partial charge in [-0.05, 0) is 18.6 Å². The molecule has 1 heterocycles. The zero-order valence-electron chi connectivity index (χ0n) is 9.03. The Kier molecular flexibility index (Phi) is 4.09. The summed E-state index contributed by atoms with van der Waals surface area (Å²) in [6, 6.07) is 8.25. The van der Waals surface area contributed by atoms with Crippen LogP contribution in [0.4, 0.5) is 0 Å². The number of halogens is 1. The third-order valence-corrected chi connectivity index (χ3v) is 3.96. The molecule has 0 aliphatic carbocycles. The molecule has 0 amide bonds. The molecule has 2 rings (SSSR count). The summed E-state index contributed by atoms with van der Waals surface area (Å²) in [7, 11) is 0. The van der Waals surface area contributed by atoms with E-state index < -0.39 is 0 Å². The van der Waals surface area contributed by atoms with Gasteiger partial charge >= 0.3 is 0 Å². The number of benzene rings is 1. The van der Waals surface area contributed by atoms with E-state index in [9.17, 15) is 0 Å². The molecule has 1 aromatic carbocycles. The molecule has 16 heavy (non-hydrogen) atoms. The molecule has 0 bridgehead atoms. The Bertz CT molecular complexity index is 468. The van der Waals surface area contributed by atoms with Gasteiger partial charge in [0, 0.05) is 28.6 Å². The van der Waals surface area contributed by atoms with E-state index in [-0.39, 0.29) is 0 Å². The highest BCUT2D eigenvalue weighted by molar-refractivity contribution is 9.10. The Balaban J connectivity index is 1.87. The van der Waals surface area contributed by atoms with Gasteiger partial charge in [0.05, 0.1) is 0 Å². The van der Waals surface area contributed by atoms with Crippen molar-refractivity contribution in [3.63, 3.8) is 0 Å². The van der Waals surface area contributed by atoms with Gasteiger partial charge in [-0.3, -0.25) is 0 Å². The molecule has 2 aromatic rings. The maximum atomic E-state index is 4.41. The zero-order valence-corrected chi connectivity index (χ0v) is 11.4. The van der Waals surface area contributed by atoms with E-state index >= 15 is 0 Å². The van der Waals surface area contributed by atoms with E-state index in [2.05, 4.69) is 49.8 Å². The second kappa shape index (κ2) is 5.57. The molecule has 0 saturated heterocycles. The summed E-state index contributed by atoms with van der Waals surface area (Å²) in [6.45, 7) is 3.72. The molecule has 0 radical (unpaired) electrons. The minimum Gasteiger partial charge on any atom is -0.306 e. The Labute approximate surface area is 108 Å². The van der Waals surface area contributed by atoms with Crippen LogP contribution in [-0.2, 0) is 13.1 Å². The molecule has 0 unspecified atom stereocenters. The Morgan fingerprint density at radius 3 is 2.81 bits per heavy atom. The Morgan fingerprint density at radius 1 is 1.31 bits per heavy atom. The standard InChI is InChI=1S/C12H13BrN2S/c1-9-8-16-12(15-9)7-14-6-10-4-2-3-5-11(10)13/h2-5,8,14H,6-7H2,1H3. The van der Waals surface area contributed by atoms with Gasteiger partial charge in [0.2, 0.25) is 0 Å². The molecule has 1 N–H and O–H groups in total. The second-order valence-corrected chi connectivity index (χ2v) is 5.37. The Morgan fingerprint density at radius 2 is 2.12 bits per heavy atom. The lowest BCUT2D eigenvalue weighted by Gasteiger charge is -2.04. The molecule has 0 aliphatic rings. The summed E-state index contributed by atoms with van der Waals surface area (Å²) < 4.78 is 1.15. The van der Waals surface area contributed by atoms with Crippen molar-refractivity contribution < 1.29 is 0 Å². The highest BCUT2D eigenvalue weighted by Gasteiger charge is 2.00. The van der Waals surface area contributed by atoms with E-state index in [0.717, 1.165) is 28.3 Å². The zero-order chi connectivity index (χ0) is 11.4. The molecule has 0 atom stereocenters. The van der Waals surface area contributed by atoms with E-state index in [1.54, 1.807) is 11.3 Å². The van der Waals surface area contributed by atoms with E-state index in [1.165, 1.54) is 5.56 Å².